The minimum Gasteiger partial charge on any atom is -0.266 e. The molecule has 0 aliphatic rings. The van der Waals surface area contributed by atoms with Gasteiger partial charge in [0.25, 0.3) is 0 Å². The molecule has 1 heteroatoms. The van der Waals surface area contributed by atoms with E-state index in [1.807, 2.05) is 13.1 Å². The molecule has 0 rings (SSSR count). The van der Waals surface area contributed by atoms with Crippen LogP contribution in [0.1, 0.15) is 53.4 Å². The second kappa shape index (κ2) is 8.03. The smallest absolute Gasteiger partial charge is 0.0362 e. The molecule has 1 atom stereocenters. The molecular weight excluding hydrogens is 158 g/mol. The highest BCUT2D eigenvalue weighted by Crippen LogP contribution is 2.13. The van der Waals surface area contributed by atoms with Crippen LogP contribution in [0.3, 0.4) is 0 Å². The summed E-state index contributed by atoms with van der Waals surface area (Å²) in [5.74, 6) is 0.663. The maximum absolute atomic E-state index is 4.39. The number of aliphatic imine (C=N–C) groups is 1. The molecule has 0 saturated carbocycles. The van der Waals surface area contributed by atoms with Crippen molar-refractivity contribution in [1.82, 2.24) is 0 Å². The van der Waals surface area contributed by atoms with Crippen LogP contribution in [0, 0.1) is 5.92 Å². The minimum absolute atomic E-state index is 0.663. The van der Waals surface area contributed by atoms with E-state index in [1.165, 1.54) is 25.0 Å². The molecule has 0 heterocycles. The lowest BCUT2D eigenvalue weighted by molar-refractivity contribution is 0.679. The highest BCUT2D eigenvalue weighted by molar-refractivity contribution is 5.55. The van der Waals surface area contributed by atoms with Gasteiger partial charge in [0.1, 0.15) is 0 Å². The van der Waals surface area contributed by atoms with Crippen LogP contribution < -0.4 is 0 Å². The molecule has 0 aliphatic heterocycles. The summed E-state index contributed by atoms with van der Waals surface area (Å²) in [4.78, 5) is 4.39. The van der Waals surface area contributed by atoms with Gasteiger partial charge in [-0.1, -0.05) is 39.7 Å². The summed E-state index contributed by atoms with van der Waals surface area (Å²) in [5.41, 5.74) is 1.26. The fourth-order valence-electron chi connectivity index (χ4n) is 1.16. The van der Waals surface area contributed by atoms with Gasteiger partial charge in [-0.05, 0) is 25.7 Å². The highest BCUT2D eigenvalue weighted by atomic mass is 14.7. The molecule has 0 aromatic rings. The number of allylic oxidation sites excluding steroid dienone is 2. The summed E-state index contributed by atoms with van der Waals surface area (Å²) in [6, 6.07) is 0. The standard InChI is InChI=1S/C12H23N/c1-5-8-9-12(13-7-3)10-11(4)6-2/h7,10-11H,5-6,8-9H2,1-4H3/b12-10-,13-7?. The average molecular weight is 181 g/mol. The lowest BCUT2D eigenvalue weighted by atomic mass is 10.1. The van der Waals surface area contributed by atoms with Crippen LogP contribution in [0.5, 0.6) is 0 Å². The van der Waals surface area contributed by atoms with Gasteiger partial charge in [0.05, 0.1) is 0 Å². The topological polar surface area (TPSA) is 12.4 Å². The van der Waals surface area contributed by atoms with Crippen LogP contribution >= 0.6 is 0 Å². The van der Waals surface area contributed by atoms with Gasteiger partial charge in [0, 0.05) is 11.9 Å². The Bertz CT molecular complexity index is 168. The van der Waals surface area contributed by atoms with E-state index in [0.717, 1.165) is 6.42 Å². The van der Waals surface area contributed by atoms with Crippen molar-refractivity contribution in [1.29, 1.82) is 0 Å². The summed E-state index contributed by atoms with van der Waals surface area (Å²) in [6.07, 6.45) is 9.02. The van der Waals surface area contributed by atoms with Gasteiger partial charge in [-0.2, -0.15) is 0 Å². The SMILES string of the molecule is CC=N/C(=C\C(C)CC)CCCC. The third-order valence-electron chi connectivity index (χ3n) is 2.20. The number of rotatable bonds is 6. The number of hydrogen-bond acceptors (Lipinski definition) is 1. The Morgan fingerprint density at radius 2 is 2.08 bits per heavy atom. The maximum Gasteiger partial charge on any atom is 0.0362 e. The molecule has 0 saturated heterocycles. The van der Waals surface area contributed by atoms with E-state index in [1.54, 1.807) is 0 Å². The van der Waals surface area contributed by atoms with Crippen LogP contribution in [-0.2, 0) is 0 Å². The van der Waals surface area contributed by atoms with Gasteiger partial charge < -0.3 is 0 Å². The first-order chi connectivity index (χ1) is 6.24. The summed E-state index contributed by atoms with van der Waals surface area (Å²) >= 11 is 0. The number of hydrogen-bond donors (Lipinski definition) is 0. The predicted molar refractivity (Wildman–Crippen MR) is 61.2 cm³/mol. The molecule has 0 radical (unpaired) electrons. The van der Waals surface area contributed by atoms with Crippen molar-refractivity contribution in [2.75, 3.05) is 0 Å². The molecule has 0 aromatic carbocycles. The molecule has 13 heavy (non-hydrogen) atoms. The second-order valence-electron chi connectivity index (χ2n) is 3.53. The second-order valence-corrected chi connectivity index (χ2v) is 3.53. The van der Waals surface area contributed by atoms with Gasteiger partial charge in [-0.15, -0.1) is 0 Å². The molecule has 76 valence electrons. The van der Waals surface area contributed by atoms with Crippen molar-refractivity contribution in [2.24, 2.45) is 10.9 Å². The molecule has 0 bridgehead atoms. The molecule has 0 N–H and O–H groups in total. The largest absolute Gasteiger partial charge is 0.266 e. The normalized spacial score (nSPS) is 15.2. The zero-order valence-electron chi connectivity index (χ0n) is 9.51. The molecule has 0 amide bonds. The van der Waals surface area contributed by atoms with E-state index in [9.17, 15) is 0 Å². The first kappa shape index (κ1) is 12.4. The molecule has 1 unspecified atom stereocenters. The lowest BCUT2D eigenvalue weighted by Gasteiger charge is -2.05. The van der Waals surface area contributed by atoms with E-state index < -0.39 is 0 Å². The Labute approximate surface area is 83.0 Å². The fraction of sp³-hybridized carbons (Fsp3) is 0.750. The first-order valence-electron chi connectivity index (χ1n) is 5.43. The summed E-state index contributed by atoms with van der Waals surface area (Å²) in [5, 5.41) is 0. The third-order valence-corrected chi connectivity index (χ3v) is 2.20. The molecule has 0 spiro atoms. The van der Waals surface area contributed by atoms with Gasteiger partial charge >= 0.3 is 0 Å². The van der Waals surface area contributed by atoms with E-state index in [4.69, 9.17) is 0 Å². The van der Waals surface area contributed by atoms with Crippen molar-refractivity contribution in [3.63, 3.8) is 0 Å². The van der Waals surface area contributed by atoms with Crippen molar-refractivity contribution in [3.05, 3.63) is 11.8 Å². The van der Waals surface area contributed by atoms with Crippen molar-refractivity contribution >= 4 is 6.21 Å². The Kier molecular flexibility index (Phi) is 7.66. The molecule has 0 fully saturated rings. The maximum atomic E-state index is 4.39. The lowest BCUT2D eigenvalue weighted by Crippen LogP contribution is -1.89. The van der Waals surface area contributed by atoms with Gasteiger partial charge in [0.15, 0.2) is 0 Å². The molecule has 0 aromatic heterocycles. The monoisotopic (exact) mass is 181 g/mol. The van der Waals surface area contributed by atoms with Crippen LogP contribution in [-0.4, -0.2) is 6.21 Å². The quantitative estimate of drug-likeness (QED) is 0.545. The Balaban J connectivity index is 4.13. The molecule has 0 aliphatic carbocycles. The average Bonchev–Trinajstić information content (AvgIpc) is 2.14. The van der Waals surface area contributed by atoms with Crippen LogP contribution in [0.25, 0.3) is 0 Å². The fourth-order valence-corrected chi connectivity index (χ4v) is 1.16. The number of unbranched alkanes of at least 4 members (excludes halogenated alkanes) is 1. The van der Waals surface area contributed by atoms with Gasteiger partial charge in [0.2, 0.25) is 0 Å². The molecule has 1 nitrogen and oxygen atoms in total. The number of nitrogens with zero attached hydrogens (tertiary/aromatic N) is 1. The van der Waals surface area contributed by atoms with Crippen LogP contribution in [0.2, 0.25) is 0 Å². The van der Waals surface area contributed by atoms with E-state index in [2.05, 4.69) is 31.8 Å². The Morgan fingerprint density at radius 3 is 2.54 bits per heavy atom. The van der Waals surface area contributed by atoms with Gasteiger partial charge in [-0.3, -0.25) is 4.99 Å². The predicted octanol–water partition coefficient (Wildman–Crippen LogP) is 4.20. The van der Waals surface area contributed by atoms with Gasteiger partial charge in [-0.25, -0.2) is 0 Å². The minimum atomic E-state index is 0.663. The first-order valence-corrected chi connectivity index (χ1v) is 5.43. The Morgan fingerprint density at radius 1 is 1.38 bits per heavy atom. The van der Waals surface area contributed by atoms with E-state index >= 15 is 0 Å². The van der Waals surface area contributed by atoms with E-state index in [-0.39, 0.29) is 0 Å². The summed E-state index contributed by atoms with van der Waals surface area (Å²) in [7, 11) is 0. The summed E-state index contributed by atoms with van der Waals surface area (Å²) in [6.45, 7) is 8.67. The zero-order valence-corrected chi connectivity index (χ0v) is 9.51. The van der Waals surface area contributed by atoms with E-state index in [0.29, 0.717) is 5.92 Å². The van der Waals surface area contributed by atoms with Crippen molar-refractivity contribution in [2.45, 2.75) is 53.4 Å². The zero-order chi connectivity index (χ0) is 10.1. The molecular formula is C12H23N. The van der Waals surface area contributed by atoms with Crippen molar-refractivity contribution in [3.8, 4) is 0 Å². The van der Waals surface area contributed by atoms with Crippen LogP contribution in [0.15, 0.2) is 16.8 Å². The van der Waals surface area contributed by atoms with Crippen LogP contribution in [0.4, 0.5) is 0 Å². The van der Waals surface area contributed by atoms with Crippen molar-refractivity contribution < 1.29 is 0 Å². The Hall–Kier alpha value is -0.590. The highest BCUT2D eigenvalue weighted by Gasteiger charge is 1.97. The summed E-state index contributed by atoms with van der Waals surface area (Å²) < 4.78 is 0. The third kappa shape index (κ3) is 6.56.